The lowest BCUT2D eigenvalue weighted by Crippen LogP contribution is -2.19. The van der Waals surface area contributed by atoms with Gasteiger partial charge in [-0.25, -0.2) is 0 Å². The number of aromatic nitrogens is 2. The van der Waals surface area contributed by atoms with Crippen molar-refractivity contribution in [2.75, 3.05) is 6.54 Å². The van der Waals surface area contributed by atoms with Crippen LogP contribution in [0.1, 0.15) is 25.2 Å². The van der Waals surface area contributed by atoms with Gasteiger partial charge in [-0.3, -0.25) is 0 Å². The van der Waals surface area contributed by atoms with Gasteiger partial charge in [0, 0.05) is 16.6 Å². The SMILES string of the molecule is CC(C)CNCc1cc(Br)ccc1OCc1ncon1. The van der Waals surface area contributed by atoms with Crippen LogP contribution in [-0.4, -0.2) is 16.7 Å². The Balaban J connectivity index is 1.99. The van der Waals surface area contributed by atoms with Crippen molar-refractivity contribution in [3.63, 3.8) is 0 Å². The Labute approximate surface area is 126 Å². The van der Waals surface area contributed by atoms with Gasteiger partial charge in [-0.1, -0.05) is 34.9 Å². The third-order valence-corrected chi connectivity index (χ3v) is 3.15. The lowest BCUT2D eigenvalue weighted by molar-refractivity contribution is 0.283. The summed E-state index contributed by atoms with van der Waals surface area (Å²) < 4.78 is 11.5. The maximum absolute atomic E-state index is 5.75. The molecule has 2 rings (SSSR count). The van der Waals surface area contributed by atoms with E-state index in [2.05, 4.69) is 55.8 Å². The smallest absolute Gasteiger partial charge is 0.213 e. The van der Waals surface area contributed by atoms with Crippen LogP contribution in [0.15, 0.2) is 33.6 Å². The molecular formula is C14H18BrN3O2. The Bertz CT molecular complexity index is 529. The van der Waals surface area contributed by atoms with Gasteiger partial charge in [0.25, 0.3) is 0 Å². The summed E-state index contributed by atoms with van der Waals surface area (Å²) in [5, 5.41) is 7.14. The maximum Gasteiger partial charge on any atom is 0.213 e. The minimum absolute atomic E-state index is 0.301. The van der Waals surface area contributed by atoms with Crippen LogP contribution in [0.2, 0.25) is 0 Å². The summed E-state index contributed by atoms with van der Waals surface area (Å²) >= 11 is 3.48. The minimum Gasteiger partial charge on any atom is -0.485 e. The molecule has 1 aromatic carbocycles. The van der Waals surface area contributed by atoms with Crippen molar-refractivity contribution in [1.29, 1.82) is 0 Å². The first-order valence-corrected chi connectivity index (χ1v) is 7.31. The second kappa shape index (κ2) is 7.40. The Kier molecular flexibility index (Phi) is 5.55. The fourth-order valence-electron chi connectivity index (χ4n) is 1.72. The van der Waals surface area contributed by atoms with E-state index in [0.717, 1.165) is 28.9 Å². The van der Waals surface area contributed by atoms with Crippen LogP contribution in [0.4, 0.5) is 0 Å². The number of rotatable bonds is 7. The average molecular weight is 340 g/mol. The molecule has 1 aromatic heterocycles. The molecule has 1 N–H and O–H groups in total. The molecule has 6 heteroatoms. The summed E-state index contributed by atoms with van der Waals surface area (Å²) in [5.41, 5.74) is 1.10. The van der Waals surface area contributed by atoms with Crippen molar-refractivity contribution in [3.05, 3.63) is 40.5 Å². The zero-order chi connectivity index (χ0) is 14.4. The highest BCUT2D eigenvalue weighted by molar-refractivity contribution is 9.10. The fourth-order valence-corrected chi connectivity index (χ4v) is 2.13. The molecule has 20 heavy (non-hydrogen) atoms. The highest BCUT2D eigenvalue weighted by Crippen LogP contribution is 2.23. The number of benzene rings is 1. The van der Waals surface area contributed by atoms with E-state index in [1.165, 1.54) is 6.39 Å². The molecule has 1 heterocycles. The molecule has 0 unspecified atom stereocenters. The Morgan fingerprint density at radius 3 is 2.95 bits per heavy atom. The topological polar surface area (TPSA) is 60.2 Å². The van der Waals surface area contributed by atoms with Crippen LogP contribution in [0.5, 0.6) is 5.75 Å². The molecule has 0 fully saturated rings. The van der Waals surface area contributed by atoms with Gasteiger partial charge in [0.2, 0.25) is 12.2 Å². The lowest BCUT2D eigenvalue weighted by atomic mass is 10.2. The monoisotopic (exact) mass is 339 g/mol. The van der Waals surface area contributed by atoms with Gasteiger partial charge in [-0.2, -0.15) is 4.98 Å². The standard InChI is InChI=1S/C14H18BrN3O2/c1-10(2)6-16-7-11-5-12(15)3-4-13(11)19-8-14-17-9-20-18-14/h3-5,9-10,16H,6-8H2,1-2H3. The Morgan fingerprint density at radius 2 is 2.25 bits per heavy atom. The van der Waals surface area contributed by atoms with E-state index in [0.29, 0.717) is 18.3 Å². The zero-order valence-corrected chi connectivity index (χ0v) is 13.2. The number of hydrogen-bond donors (Lipinski definition) is 1. The summed E-state index contributed by atoms with van der Waals surface area (Å²) in [6.45, 7) is 6.40. The highest BCUT2D eigenvalue weighted by atomic mass is 79.9. The van der Waals surface area contributed by atoms with Gasteiger partial charge in [0.05, 0.1) is 0 Å². The molecule has 0 aliphatic rings. The number of hydrogen-bond acceptors (Lipinski definition) is 5. The molecule has 2 aromatic rings. The molecule has 108 valence electrons. The molecule has 5 nitrogen and oxygen atoms in total. The first kappa shape index (κ1) is 15.0. The maximum atomic E-state index is 5.75. The van der Waals surface area contributed by atoms with Crippen molar-refractivity contribution in [2.24, 2.45) is 5.92 Å². The summed E-state index contributed by atoms with van der Waals surface area (Å²) in [4.78, 5) is 3.94. The molecule has 0 saturated carbocycles. The van der Waals surface area contributed by atoms with Gasteiger partial charge in [-0.05, 0) is 30.7 Å². The lowest BCUT2D eigenvalue weighted by Gasteiger charge is -2.13. The van der Waals surface area contributed by atoms with Crippen LogP contribution >= 0.6 is 15.9 Å². The molecule has 0 saturated heterocycles. The number of nitrogens with one attached hydrogen (secondary N) is 1. The molecular weight excluding hydrogens is 322 g/mol. The first-order valence-electron chi connectivity index (χ1n) is 6.52. The summed E-state index contributed by atoms with van der Waals surface area (Å²) in [6.07, 6.45) is 1.30. The molecule has 0 radical (unpaired) electrons. The van der Waals surface area contributed by atoms with E-state index in [4.69, 9.17) is 4.74 Å². The molecule has 0 aliphatic heterocycles. The first-order chi connectivity index (χ1) is 9.65. The fraction of sp³-hybridized carbons (Fsp3) is 0.429. The Hall–Kier alpha value is -1.40. The van der Waals surface area contributed by atoms with Crippen LogP contribution in [0.3, 0.4) is 0 Å². The van der Waals surface area contributed by atoms with Gasteiger partial charge in [0.15, 0.2) is 6.61 Å². The van der Waals surface area contributed by atoms with Crippen molar-refractivity contribution >= 4 is 15.9 Å². The van der Waals surface area contributed by atoms with Crippen LogP contribution < -0.4 is 10.1 Å². The minimum atomic E-state index is 0.301. The molecule has 0 atom stereocenters. The van der Waals surface area contributed by atoms with Crippen molar-refractivity contribution in [1.82, 2.24) is 15.5 Å². The van der Waals surface area contributed by atoms with Crippen molar-refractivity contribution in [3.8, 4) is 5.75 Å². The van der Waals surface area contributed by atoms with Crippen LogP contribution in [0.25, 0.3) is 0 Å². The third-order valence-electron chi connectivity index (χ3n) is 2.65. The third kappa shape index (κ3) is 4.61. The summed E-state index contributed by atoms with van der Waals surface area (Å²) in [6, 6.07) is 5.95. The number of halogens is 1. The summed E-state index contributed by atoms with van der Waals surface area (Å²) in [5.74, 6) is 1.98. The van der Waals surface area contributed by atoms with E-state index in [1.807, 2.05) is 12.1 Å². The average Bonchev–Trinajstić information content (AvgIpc) is 2.90. The summed E-state index contributed by atoms with van der Waals surface area (Å²) in [7, 11) is 0. The number of ether oxygens (including phenoxy) is 1. The second-order valence-corrected chi connectivity index (χ2v) is 5.83. The molecule has 0 amide bonds. The van der Waals surface area contributed by atoms with Crippen molar-refractivity contribution in [2.45, 2.75) is 27.0 Å². The van der Waals surface area contributed by atoms with E-state index in [1.54, 1.807) is 0 Å². The predicted molar refractivity (Wildman–Crippen MR) is 79.3 cm³/mol. The molecule has 0 spiro atoms. The molecule has 0 aliphatic carbocycles. The van der Waals surface area contributed by atoms with Gasteiger partial charge >= 0.3 is 0 Å². The predicted octanol–water partition coefficient (Wildman–Crippen LogP) is 3.16. The largest absolute Gasteiger partial charge is 0.485 e. The Morgan fingerprint density at radius 1 is 1.40 bits per heavy atom. The second-order valence-electron chi connectivity index (χ2n) is 4.91. The van der Waals surface area contributed by atoms with Gasteiger partial charge < -0.3 is 14.6 Å². The van der Waals surface area contributed by atoms with Crippen molar-refractivity contribution < 1.29 is 9.26 Å². The van der Waals surface area contributed by atoms with E-state index in [-0.39, 0.29) is 0 Å². The van der Waals surface area contributed by atoms with E-state index in [9.17, 15) is 0 Å². The molecule has 0 bridgehead atoms. The zero-order valence-electron chi connectivity index (χ0n) is 11.6. The number of nitrogens with zero attached hydrogens (tertiary/aromatic N) is 2. The van der Waals surface area contributed by atoms with Crippen LogP contribution in [-0.2, 0) is 13.2 Å². The van der Waals surface area contributed by atoms with Crippen LogP contribution in [0, 0.1) is 5.92 Å². The quantitative estimate of drug-likeness (QED) is 0.839. The van der Waals surface area contributed by atoms with E-state index < -0.39 is 0 Å². The van der Waals surface area contributed by atoms with Gasteiger partial charge in [-0.15, -0.1) is 0 Å². The highest BCUT2D eigenvalue weighted by Gasteiger charge is 2.07. The normalized spacial score (nSPS) is 11.0. The van der Waals surface area contributed by atoms with Gasteiger partial charge in [0.1, 0.15) is 5.75 Å². The van der Waals surface area contributed by atoms with E-state index >= 15 is 0 Å².